The number of methoxy groups -OCH3 is 1. The van der Waals surface area contributed by atoms with Gasteiger partial charge >= 0.3 is 11.9 Å². The molecule has 8 fully saturated rings. The lowest BCUT2D eigenvalue weighted by Crippen LogP contribution is -2.51. The van der Waals surface area contributed by atoms with Crippen molar-refractivity contribution < 1.29 is 23.8 Å². The zero-order valence-corrected chi connectivity index (χ0v) is 20.7. The van der Waals surface area contributed by atoms with Crippen LogP contribution in [-0.2, 0) is 23.8 Å². The zero-order valence-electron chi connectivity index (χ0n) is 20.7. The lowest BCUT2D eigenvalue weighted by molar-refractivity contribution is -0.199. The number of hydrogen-bond donors (Lipinski definition) is 0. The van der Waals surface area contributed by atoms with Gasteiger partial charge in [-0.1, -0.05) is 12.2 Å². The maximum absolute atomic E-state index is 13.6. The first-order valence-corrected chi connectivity index (χ1v) is 14.7. The molecule has 8 bridgehead atoms. The molecule has 7 saturated carbocycles. The molecule has 17 unspecified atom stereocenters. The number of rotatable bonds is 3. The van der Waals surface area contributed by atoms with Gasteiger partial charge in [-0.25, -0.2) is 0 Å². The molecule has 0 aromatic rings. The molecule has 0 aromatic carbocycles. The van der Waals surface area contributed by atoms with Crippen LogP contribution in [0.15, 0.2) is 12.2 Å². The van der Waals surface area contributed by atoms with Crippen LogP contribution >= 0.6 is 0 Å². The largest absolute Gasteiger partial charge is 0.469 e. The van der Waals surface area contributed by atoms with Crippen LogP contribution in [0.25, 0.3) is 0 Å². The van der Waals surface area contributed by atoms with Gasteiger partial charge in [-0.15, -0.1) is 0 Å². The molecule has 188 valence electrons. The average molecular weight is 479 g/mol. The van der Waals surface area contributed by atoms with Crippen LogP contribution < -0.4 is 0 Å². The number of fused-ring (bicyclic) bond motifs is 23. The Labute approximate surface area is 207 Å². The normalized spacial score (nSPS) is 61.2. The number of hydrogen-bond acceptors (Lipinski definition) is 5. The summed E-state index contributed by atoms with van der Waals surface area (Å²) in [5, 5.41) is 0. The Morgan fingerprint density at radius 2 is 1.23 bits per heavy atom. The topological polar surface area (TPSA) is 61.8 Å². The second-order valence-corrected chi connectivity index (χ2v) is 13.9. The highest BCUT2D eigenvalue weighted by Crippen LogP contribution is 2.81. The summed E-state index contributed by atoms with van der Waals surface area (Å²) in [6, 6.07) is 0. The first kappa shape index (κ1) is 20.7. The van der Waals surface area contributed by atoms with E-state index in [1.165, 1.54) is 26.4 Å². The number of carbonyl (C=O) groups is 2. The standard InChI is InChI=1S/C30H38O5/c1-33-29(31)27-18-11-19(28(27)30(32)35-20-4-2-3-7-34-20)26-17-10-16(25(18)26)23-14-9-15(24(17)23)22-13-6-5-12(8-13)21(14)22/h5-6,12-28H,2-4,7-11H2,1H3. The van der Waals surface area contributed by atoms with Gasteiger partial charge in [-0.2, -0.15) is 0 Å². The second-order valence-electron chi connectivity index (χ2n) is 13.9. The maximum atomic E-state index is 13.6. The van der Waals surface area contributed by atoms with E-state index in [2.05, 4.69) is 12.2 Å². The summed E-state index contributed by atoms with van der Waals surface area (Å²) in [5.41, 5.74) is 0. The molecule has 8 aliphatic carbocycles. The first-order chi connectivity index (χ1) is 17.2. The zero-order chi connectivity index (χ0) is 23.2. The Morgan fingerprint density at radius 3 is 1.80 bits per heavy atom. The van der Waals surface area contributed by atoms with E-state index in [-0.39, 0.29) is 23.8 Å². The van der Waals surface area contributed by atoms with Crippen LogP contribution in [0, 0.1) is 94.7 Å². The van der Waals surface area contributed by atoms with Crippen molar-refractivity contribution in [1.29, 1.82) is 0 Å². The Balaban J connectivity index is 1.04. The van der Waals surface area contributed by atoms with Crippen molar-refractivity contribution in [3.05, 3.63) is 12.2 Å². The molecule has 9 aliphatic rings. The Morgan fingerprint density at radius 1 is 0.686 bits per heavy atom. The summed E-state index contributed by atoms with van der Waals surface area (Å²) in [7, 11) is 1.49. The Bertz CT molecular complexity index is 999. The van der Waals surface area contributed by atoms with Crippen molar-refractivity contribution in [2.24, 2.45) is 94.7 Å². The molecule has 35 heavy (non-hydrogen) atoms. The molecule has 0 amide bonds. The molecule has 17 atom stereocenters. The molecule has 0 radical (unpaired) electrons. The first-order valence-electron chi connectivity index (χ1n) is 14.7. The summed E-state index contributed by atoms with van der Waals surface area (Å²) in [5.74, 6) is 9.77. The molecule has 5 nitrogen and oxygen atoms in total. The van der Waals surface area contributed by atoms with Gasteiger partial charge in [-0.05, 0) is 121 Å². The summed E-state index contributed by atoms with van der Waals surface area (Å²) in [6.45, 7) is 0.661. The lowest BCUT2D eigenvalue weighted by Gasteiger charge is -2.51. The molecule has 0 aromatic heterocycles. The molecule has 1 saturated heterocycles. The van der Waals surface area contributed by atoms with Crippen LogP contribution in [0.1, 0.15) is 44.9 Å². The minimum atomic E-state index is -0.428. The summed E-state index contributed by atoms with van der Waals surface area (Å²) >= 11 is 0. The highest BCUT2D eigenvalue weighted by atomic mass is 16.7. The summed E-state index contributed by atoms with van der Waals surface area (Å²) in [4.78, 5) is 26.7. The fourth-order valence-corrected chi connectivity index (χ4v) is 13.3. The minimum Gasteiger partial charge on any atom is -0.469 e. The molecule has 5 heteroatoms. The number of carbonyl (C=O) groups excluding carboxylic acids is 2. The third kappa shape index (κ3) is 2.37. The number of ether oxygens (including phenoxy) is 3. The van der Waals surface area contributed by atoms with E-state index in [0.29, 0.717) is 30.3 Å². The minimum absolute atomic E-state index is 0.173. The van der Waals surface area contributed by atoms with Gasteiger partial charge < -0.3 is 14.2 Å². The highest BCUT2D eigenvalue weighted by Gasteiger charge is 2.78. The Hall–Kier alpha value is -1.36. The van der Waals surface area contributed by atoms with E-state index < -0.39 is 6.29 Å². The van der Waals surface area contributed by atoms with E-state index in [0.717, 1.165) is 84.9 Å². The quantitative estimate of drug-likeness (QED) is 0.344. The van der Waals surface area contributed by atoms with Crippen molar-refractivity contribution in [3.8, 4) is 0 Å². The third-order valence-electron chi connectivity index (χ3n) is 13.5. The van der Waals surface area contributed by atoms with Gasteiger partial charge in [0.15, 0.2) is 0 Å². The summed E-state index contributed by atoms with van der Waals surface area (Å²) in [6.07, 6.45) is 12.8. The van der Waals surface area contributed by atoms with Gasteiger partial charge in [0.05, 0.1) is 25.6 Å². The average Bonchev–Trinajstić information content (AvgIpc) is 3.71. The molecule has 1 aliphatic heterocycles. The number of allylic oxidation sites excluding steroid dienone is 2. The van der Waals surface area contributed by atoms with Gasteiger partial charge in [0.1, 0.15) is 0 Å². The molecule has 1 heterocycles. The van der Waals surface area contributed by atoms with Crippen molar-refractivity contribution in [2.45, 2.75) is 51.2 Å². The smallest absolute Gasteiger partial charge is 0.312 e. The van der Waals surface area contributed by atoms with Gasteiger partial charge in [0, 0.05) is 6.42 Å². The van der Waals surface area contributed by atoms with Crippen molar-refractivity contribution >= 4 is 11.9 Å². The predicted molar refractivity (Wildman–Crippen MR) is 125 cm³/mol. The SMILES string of the molecule is COC(=O)C1C2CC(C1C(=O)OC1CCCCO1)C1C3CC(C21)C1C2CC(C4C5C=CC(C5)C24)C31. The van der Waals surface area contributed by atoms with E-state index >= 15 is 0 Å². The summed E-state index contributed by atoms with van der Waals surface area (Å²) < 4.78 is 17.0. The fraction of sp³-hybridized carbons (Fsp3) is 0.867. The van der Waals surface area contributed by atoms with E-state index in [1.807, 2.05) is 0 Å². The Kier molecular flexibility index (Phi) is 4.10. The molecule has 9 rings (SSSR count). The van der Waals surface area contributed by atoms with Crippen LogP contribution in [0.4, 0.5) is 0 Å². The monoisotopic (exact) mass is 478 g/mol. The lowest BCUT2D eigenvalue weighted by atomic mass is 9.53. The second kappa shape index (κ2) is 6.94. The van der Waals surface area contributed by atoms with Gasteiger partial charge in [-0.3, -0.25) is 9.59 Å². The molecular weight excluding hydrogens is 440 g/mol. The van der Waals surface area contributed by atoms with E-state index in [9.17, 15) is 9.59 Å². The molecule has 0 spiro atoms. The van der Waals surface area contributed by atoms with Crippen LogP contribution in [0.2, 0.25) is 0 Å². The number of esters is 2. The third-order valence-corrected chi connectivity index (χ3v) is 13.5. The molecular formula is C30H38O5. The fourth-order valence-electron chi connectivity index (χ4n) is 13.3. The maximum Gasteiger partial charge on any atom is 0.312 e. The van der Waals surface area contributed by atoms with Gasteiger partial charge in [0.25, 0.3) is 0 Å². The van der Waals surface area contributed by atoms with Crippen molar-refractivity contribution in [1.82, 2.24) is 0 Å². The van der Waals surface area contributed by atoms with E-state index in [1.54, 1.807) is 0 Å². The highest BCUT2D eigenvalue weighted by molar-refractivity contribution is 5.84. The van der Waals surface area contributed by atoms with Crippen molar-refractivity contribution in [3.63, 3.8) is 0 Å². The van der Waals surface area contributed by atoms with E-state index in [4.69, 9.17) is 14.2 Å². The molecule has 0 N–H and O–H groups in total. The van der Waals surface area contributed by atoms with Gasteiger partial charge in [0.2, 0.25) is 6.29 Å². The van der Waals surface area contributed by atoms with Crippen LogP contribution in [0.3, 0.4) is 0 Å². The predicted octanol–water partition coefficient (Wildman–Crippen LogP) is 4.31. The van der Waals surface area contributed by atoms with Crippen LogP contribution in [0.5, 0.6) is 0 Å². The van der Waals surface area contributed by atoms with Crippen molar-refractivity contribution in [2.75, 3.05) is 13.7 Å². The van der Waals surface area contributed by atoms with Crippen LogP contribution in [-0.4, -0.2) is 31.9 Å².